The van der Waals surface area contributed by atoms with Gasteiger partial charge in [0.2, 0.25) is 5.91 Å². The number of aliphatic hydroxyl groups is 1. The number of hydrogen-bond donors (Lipinski definition) is 1. The van der Waals surface area contributed by atoms with Gasteiger partial charge in [-0.15, -0.1) is 0 Å². The van der Waals surface area contributed by atoms with Crippen molar-refractivity contribution < 1.29 is 27.8 Å². The molecule has 2 unspecified atom stereocenters. The average Bonchev–Trinajstić information content (AvgIpc) is 2.70. The van der Waals surface area contributed by atoms with E-state index in [1.807, 2.05) is 6.92 Å². The molecule has 0 saturated carbocycles. The number of methoxy groups -OCH3 is 1. The van der Waals surface area contributed by atoms with Gasteiger partial charge in [-0.3, -0.25) is 9.78 Å². The van der Waals surface area contributed by atoms with Gasteiger partial charge in [-0.1, -0.05) is 19.1 Å². The second-order valence-corrected chi connectivity index (χ2v) is 6.76. The second kappa shape index (κ2) is 9.73. The van der Waals surface area contributed by atoms with Gasteiger partial charge in [0, 0.05) is 24.5 Å². The molecule has 2 aromatic rings. The number of nitrogens with zero attached hydrogens (tertiary/aromatic N) is 2. The van der Waals surface area contributed by atoms with Crippen LogP contribution in [0.4, 0.5) is 13.2 Å². The molecule has 0 saturated heterocycles. The third-order valence-electron chi connectivity index (χ3n) is 4.72. The Morgan fingerprint density at radius 1 is 1.24 bits per heavy atom. The van der Waals surface area contributed by atoms with Crippen molar-refractivity contribution in [3.63, 3.8) is 0 Å². The summed E-state index contributed by atoms with van der Waals surface area (Å²) < 4.78 is 43.4. The van der Waals surface area contributed by atoms with Gasteiger partial charge >= 0.3 is 6.18 Å². The zero-order valence-electron chi connectivity index (χ0n) is 16.6. The van der Waals surface area contributed by atoms with Crippen LogP contribution in [0.5, 0.6) is 5.75 Å². The first-order chi connectivity index (χ1) is 13.7. The van der Waals surface area contributed by atoms with Crippen LogP contribution in [0.3, 0.4) is 0 Å². The van der Waals surface area contributed by atoms with Crippen molar-refractivity contribution in [1.29, 1.82) is 0 Å². The molecule has 1 heterocycles. The first-order valence-corrected chi connectivity index (χ1v) is 9.30. The minimum atomic E-state index is -4.42. The number of aliphatic hydroxyl groups excluding tert-OH is 1. The monoisotopic (exact) mass is 410 g/mol. The molecule has 158 valence electrons. The Bertz CT molecular complexity index is 810. The molecule has 1 aromatic carbocycles. The fourth-order valence-electron chi connectivity index (χ4n) is 3.12. The third kappa shape index (κ3) is 5.69. The molecule has 0 radical (unpaired) electrons. The summed E-state index contributed by atoms with van der Waals surface area (Å²) in [6.07, 6.45) is -1.80. The van der Waals surface area contributed by atoms with E-state index in [0.717, 1.165) is 12.1 Å². The lowest BCUT2D eigenvalue weighted by Crippen LogP contribution is -2.43. The van der Waals surface area contributed by atoms with Crippen LogP contribution in [0, 0.1) is 0 Å². The molecule has 1 amide bonds. The lowest BCUT2D eigenvalue weighted by Gasteiger charge is -2.33. The highest BCUT2D eigenvalue weighted by Crippen LogP contribution is 2.30. The summed E-state index contributed by atoms with van der Waals surface area (Å²) in [6, 6.07) is 5.58. The molecule has 0 aliphatic heterocycles. The van der Waals surface area contributed by atoms with Crippen molar-refractivity contribution in [1.82, 2.24) is 9.88 Å². The average molecular weight is 410 g/mol. The normalized spacial score (nSPS) is 13.6. The van der Waals surface area contributed by atoms with Gasteiger partial charge in [0.25, 0.3) is 0 Å². The fourth-order valence-corrected chi connectivity index (χ4v) is 3.12. The van der Waals surface area contributed by atoms with Gasteiger partial charge in [0.1, 0.15) is 11.9 Å². The number of carbonyl (C=O) groups excluding carboxylic acids is 1. The van der Waals surface area contributed by atoms with Crippen molar-refractivity contribution in [3.8, 4) is 5.75 Å². The first kappa shape index (κ1) is 22.7. The maximum absolute atomic E-state index is 12.9. The minimum Gasteiger partial charge on any atom is -0.496 e. The summed E-state index contributed by atoms with van der Waals surface area (Å²) >= 11 is 0. The summed E-state index contributed by atoms with van der Waals surface area (Å²) in [4.78, 5) is 18.4. The molecule has 0 aliphatic rings. The van der Waals surface area contributed by atoms with Crippen molar-refractivity contribution in [2.45, 2.75) is 45.0 Å². The van der Waals surface area contributed by atoms with Crippen LogP contribution in [0.25, 0.3) is 0 Å². The Morgan fingerprint density at radius 3 is 2.45 bits per heavy atom. The van der Waals surface area contributed by atoms with Crippen molar-refractivity contribution in [2.75, 3.05) is 13.7 Å². The SMILES string of the molecule is CCCN(C(=O)Cc1ccc(C(F)(F)F)cc1)C(C)C(O)c1cnccc1OC. The molecule has 2 atom stereocenters. The Hall–Kier alpha value is -2.61. The van der Waals surface area contributed by atoms with Gasteiger partial charge in [0.15, 0.2) is 0 Å². The lowest BCUT2D eigenvalue weighted by molar-refractivity contribution is -0.137. The molecule has 0 fully saturated rings. The van der Waals surface area contributed by atoms with Crippen LogP contribution in [-0.4, -0.2) is 40.6 Å². The smallest absolute Gasteiger partial charge is 0.416 e. The van der Waals surface area contributed by atoms with Crippen molar-refractivity contribution in [2.24, 2.45) is 0 Å². The van der Waals surface area contributed by atoms with E-state index in [1.165, 1.54) is 30.3 Å². The van der Waals surface area contributed by atoms with Crippen LogP contribution in [0.1, 0.15) is 43.1 Å². The standard InChI is InChI=1S/C21H25F3N2O3/c1-4-11-26(14(2)20(28)17-13-25-10-9-18(17)29-3)19(27)12-15-5-7-16(8-6-15)21(22,23)24/h5-10,13-14,20,28H,4,11-12H2,1-3H3. The first-order valence-electron chi connectivity index (χ1n) is 9.30. The van der Waals surface area contributed by atoms with Gasteiger partial charge in [-0.2, -0.15) is 13.2 Å². The molecule has 1 N–H and O–H groups in total. The molecule has 1 aromatic heterocycles. The topological polar surface area (TPSA) is 62.7 Å². The van der Waals surface area contributed by atoms with E-state index in [1.54, 1.807) is 19.2 Å². The van der Waals surface area contributed by atoms with Gasteiger partial charge in [-0.05, 0) is 37.1 Å². The van der Waals surface area contributed by atoms with Gasteiger partial charge in [0.05, 0.1) is 25.1 Å². The number of hydrogen-bond acceptors (Lipinski definition) is 4. The molecule has 0 spiro atoms. The van der Waals surface area contributed by atoms with Crippen LogP contribution in [0.2, 0.25) is 0 Å². The summed E-state index contributed by atoms with van der Waals surface area (Å²) in [5, 5.41) is 10.8. The Kier molecular flexibility index (Phi) is 7.61. The van der Waals surface area contributed by atoms with E-state index < -0.39 is 23.9 Å². The maximum Gasteiger partial charge on any atom is 0.416 e. The highest BCUT2D eigenvalue weighted by molar-refractivity contribution is 5.79. The van der Waals surface area contributed by atoms with E-state index in [-0.39, 0.29) is 12.3 Å². The number of ether oxygens (including phenoxy) is 1. The summed E-state index contributed by atoms with van der Waals surface area (Å²) in [5.41, 5.74) is 0.183. The number of alkyl halides is 3. The number of aromatic nitrogens is 1. The van der Waals surface area contributed by atoms with E-state index in [4.69, 9.17) is 4.74 Å². The molecule has 0 aliphatic carbocycles. The highest BCUT2D eigenvalue weighted by Gasteiger charge is 2.31. The van der Waals surface area contributed by atoms with Crippen LogP contribution >= 0.6 is 0 Å². The highest BCUT2D eigenvalue weighted by atomic mass is 19.4. The lowest BCUT2D eigenvalue weighted by atomic mass is 10.0. The molecular weight excluding hydrogens is 385 g/mol. The number of pyridine rings is 1. The van der Waals surface area contributed by atoms with E-state index in [2.05, 4.69) is 4.98 Å². The number of amides is 1. The van der Waals surface area contributed by atoms with Crippen LogP contribution in [0.15, 0.2) is 42.7 Å². The van der Waals surface area contributed by atoms with Crippen molar-refractivity contribution in [3.05, 3.63) is 59.4 Å². The Labute approximate surface area is 168 Å². The predicted molar refractivity (Wildman–Crippen MR) is 102 cm³/mol. The largest absolute Gasteiger partial charge is 0.496 e. The Morgan fingerprint density at radius 2 is 1.90 bits per heavy atom. The van der Waals surface area contributed by atoms with Crippen LogP contribution < -0.4 is 4.74 Å². The van der Waals surface area contributed by atoms with Crippen LogP contribution in [-0.2, 0) is 17.4 Å². The van der Waals surface area contributed by atoms with Gasteiger partial charge < -0.3 is 14.7 Å². The fraction of sp³-hybridized carbons (Fsp3) is 0.429. The second-order valence-electron chi connectivity index (χ2n) is 6.76. The zero-order valence-corrected chi connectivity index (χ0v) is 16.6. The molecule has 29 heavy (non-hydrogen) atoms. The number of benzene rings is 1. The minimum absolute atomic E-state index is 0.0562. The maximum atomic E-state index is 12.9. The number of carbonyl (C=O) groups is 1. The summed E-state index contributed by atoms with van der Waals surface area (Å²) in [6.45, 7) is 4.03. The van der Waals surface area contributed by atoms with E-state index in [9.17, 15) is 23.1 Å². The van der Waals surface area contributed by atoms with E-state index in [0.29, 0.717) is 29.8 Å². The predicted octanol–water partition coefficient (Wildman–Crippen LogP) is 4.01. The quantitative estimate of drug-likeness (QED) is 0.714. The van der Waals surface area contributed by atoms with Gasteiger partial charge in [-0.25, -0.2) is 0 Å². The molecule has 0 bridgehead atoms. The van der Waals surface area contributed by atoms with Crippen molar-refractivity contribution >= 4 is 5.91 Å². The molecule has 2 rings (SSSR count). The molecule has 5 nitrogen and oxygen atoms in total. The van der Waals surface area contributed by atoms with E-state index >= 15 is 0 Å². The third-order valence-corrected chi connectivity index (χ3v) is 4.72. The zero-order chi connectivity index (χ0) is 21.6. The Balaban J connectivity index is 2.17. The number of halogens is 3. The summed E-state index contributed by atoms with van der Waals surface area (Å²) in [5.74, 6) is 0.187. The number of rotatable bonds is 8. The summed E-state index contributed by atoms with van der Waals surface area (Å²) in [7, 11) is 1.48. The molecule has 8 heteroatoms. The molecular formula is C21H25F3N2O3.